The molecule has 0 spiro atoms. The Labute approximate surface area is 82.5 Å². The first-order chi connectivity index (χ1) is 5.99. The van der Waals surface area contributed by atoms with Crippen molar-refractivity contribution in [3.8, 4) is 12.3 Å². The van der Waals surface area contributed by atoms with Gasteiger partial charge in [0.2, 0.25) is 0 Å². The van der Waals surface area contributed by atoms with Crippen molar-refractivity contribution >= 4 is 0 Å². The van der Waals surface area contributed by atoms with E-state index in [1.807, 2.05) is 0 Å². The second-order valence-corrected chi connectivity index (χ2v) is 3.95. The molecule has 0 aromatic carbocycles. The maximum Gasteiger partial charge on any atom is 0.0323 e. The average Bonchev–Trinajstić information content (AvgIpc) is 2.12. The van der Waals surface area contributed by atoms with E-state index in [9.17, 15) is 0 Å². The minimum absolute atomic E-state index is 0.0663. The number of hydrogen-bond acceptors (Lipinski definition) is 2. The van der Waals surface area contributed by atoms with Crippen LogP contribution in [0.1, 0.15) is 33.1 Å². The van der Waals surface area contributed by atoms with E-state index < -0.39 is 0 Å². The van der Waals surface area contributed by atoms with Crippen LogP contribution in [0.2, 0.25) is 0 Å². The summed E-state index contributed by atoms with van der Waals surface area (Å²) in [5.41, 5.74) is 6.18. The monoisotopic (exact) mass is 182 g/mol. The van der Waals surface area contributed by atoms with Gasteiger partial charge < -0.3 is 10.6 Å². The summed E-state index contributed by atoms with van der Waals surface area (Å²) in [6.45, 7) is 4.35. The largest absolute Gasteiger partial charge is 0.326 e. The fourth-order valence-corrected chi connectivity index (χ4v) is 1.46. The van der Waals surface area contributed by atoms with Crippen LogP contribution in [0.5, 0.6) is 0 Å². The molecule has 0 aromatic rings. The molecule has 2 nitrogen and oxygen atoms in total. The van der Waals surface area contributed by atoms with Crippen LogP contribution in [-0.2, 0) is 0 Å². The Morgan fingerprint density at radius 1 is 1.54 bits per heavy atom. The SMILES string of the molecule is C#CCCC(N)C(C)(CC)N(C)C. The molecule has 0 bridgehead atoms. The maximum absolute atomic E-state index is 6.11. The summed E-state index contributed by atoms with van der Waals surface area (Å²) in [5.74, 6) is 2.64. The van der Waals surface area contributed by atoms with Gasteiger partial charge in [-0.05, 0) is 33.9 Å². The lowest BCUT2D eigenvalue weighted by molar-refractivity contribution is 0.128. The van der Waals surface area contributed by atoms with Crippen molar-refractivity contribution in [3.05, 3.63) is 0 Å². The van der Waals surface area contributed by atoms with E-state index in [2.05, 4.69) is 38.8 Å². The van der Waals surface area contributed by atoms with Crippen molar-refractivity contribution in [2.24, 2.45) is 5.73 Å². The Bertz CT molecular complexity index is 181. The molecular formula is C11H22N2. The van der Waals surface area contributed by atoms with Crippen LogP contribution >= 0.6 is 0 Å². The van der Waals surface area contributed by atoms with Gasteiger partial charge in [-0.15, -0.1) is 12.3 Å². The van der Waals surface area contributed by atoms with Crippen molar-refractivity contribution < 1.29 is 0 Å². The zero-order valence-electron chi connectivity index (χ0n) is 9.30. The van der Waals surface area contributed by atoms with E-state index in [0.717, 1.165) is 19.3 Å². The van der Waals surface area contributed by atoms with E-state index in [1.165, 1.54) is 0 Å². The summed E-state index contributed by atoms with van der Waals surface area (Å²) < 4.78 is 0. The van der Waals surface area contributed by atoms with Gasteiger partial charge in [0.05, 0.1) is 0 Å². The van der Waals surface area contributed by atoms with Crippen LogP contribution in [0.3, 0.4) is 0 Å². The molecule has 0 saturated carbocycles. The number of nitrogens with two attached hydrogens (primary N) is 1. The normalized spacial score (nSPS) is 17.9. The van der Waals surface area contributed by atoms with Gasteiger partial charge in [0.1, 0.15) is 0 Å². The van der Waals surface area contributed by atoms with Gasteiger partial charge in [-0.3, -0.25) is 0 Å². The van der Waals surface area contributed by atoms with Crippen molar-refractivity contribution in [3.63, 3.8) is 0 Å². The van der Waals surface area contributed by atoms with Crippen molar-refractivity contribution in [2.75, 3.05) is 14.1 Å². The molecule has 0 aliphatic rings. The molecule has 2 unspecified atom stereocenters. The van der Waals surface area contributed by atoms with Gasteiger partial charge in [0.15, 0.2) is 0 Å². The van der Waals surface area contributed by atoms with Gasteiger partial charge in [0.25, 0.3) is 0 Å². The molecule has 0 aliphatic carbocycles. The molecule has 2 N–H and O–H groups in total. The van der Waals surface area contributed by atoms with E-state index in [1.54, 1.807) is 0 Å². The second kappa shape index (κ2) is 5.26. The average molecular weight is 182 g/mol. The minimum atomic E-state index is 0.0663. The third-order valence-corrected chi connectivity index (χ3v) is 3.14. The zero-order valence-corrected chi connectivity index (χ0v) is 9.30. The van der Waals surface area contributed by atoms with Crippen LogP contribution in [0.15, 0.2) is 0 Å². The Hall–Kier alpha value is -0.520. The molecule has 0 heterocycles. The fraction of sp³-hybridized carbons (Fsp3) is 0.818. The number of hydrogen-bond donors (Lipinski definition) is 1. The standard InChI is InChI=1S/C11H22N2/c1-6-8-9-10(12)11(3,7-2)13(4)5/h1,10H,7-9,12H2,2-5H3. The Morgan fingerprint density at radius 2 is 2.08 bits per heavy atom. The third-order valence-electron chi connectivity index (χ3n) is 3.14. The lowest BCUT2D eigenvalue weighted by Crippen LogP contribution is -2.54. The number of rotatable bonds is 5. The molecule has 2 atom stereocenters. The predicted molar refractivity (Wildman–Crippen MR) is 58.4 cm³/mol. The van der Waals surface area contributed by atoms with Crippen LogP contribution in [-0.4, -0.2) is 30.6 Å². The lowest BCUT2D eigenvalue weighted by Gasteiger charge is -2.40. The zero-order chi connectivity index (χ0) is 10.5. The first kappa shape index (κ1) is 12.5. The summed E-state index contributed by atoms with van der Waals surface area (Å²) in [5, 5.41) is 0. The summed E-state index contributed by atoms with van der Waals surface area (Å²) >= 11 is 0. The van der Waals surface area contributed by atoms with E-state index in [4.69, 9.17) is 12.2 Å². The molecule has 0 fully saturated rings. The topological polar surface area (TPSA) is 29.3 Å². The quantitative estimate of drug-likeness (QED) is 0.652. The maximum atomic E-state index is 6.11. The first-order valence-corrected chi connectivity index (χ1v) is 4.85. The number of nitrogens with zero attached hydrogens (tertiary/aromatic N) is 1. The first-order valence-electron chi connectivity index (χ1n) is 4.85. The van der Waals surface area contributed by atoms with Crippen LogP contribution in [0.25, 0.3) is 0 Å². The predicted octanol–water partition coefficient (Wildman–Crippen LogP) is 1.46. The number of likely N-dealkylation sites (N-methyl/N-ethyl adjacent to an activating group) is 1. The molecule has 0 radical (unpaired) electrons. The molecule has 2 heteroatoms. The highest BCUT2D eigenvalue weighted by Crippen LogP contribution is 2.22. The molecule has 0 saturated heterocycles. The lowest BCUT2D eigenvalue weighted by atomic mass is 9.86. The van der Waals surface area contributed by atoms with Crippen molar-refractivity contribution in [1.82, 2.24) is 4.90 Å². The molecule has 13 heavy (non-hydrogen) atoms. The summed E-state index contributed by atoms with van der Waals surface area (Å²) in [6, 6.07) is 0.156. The van der Waals surface area contributed by atoms with Crippen LogP contribution < -0.4 is 5.73 Å². The molecule has 0 rings (SSSR count). The smallest absolute Gasteiger partial charge is 0.0323 e. The summed E-state index contributed by atoms with van der Waals surface area (Å²) in [4.78, 5) is 2.19. The summed E-state index contributed by atoms with van der Waals surface area (Å²) in [6.07, 6.45) is 7.94. The van der Waals surface area contributed by atoms with E-state index in [-0.39, 0.29) is 11.6 Å². The third kappa shape index (κ3) is 3.02. The Kier molecular flexibility index (Phi) is 5.05. The van der Waals surface area contributed by atoms with Crippen molar-refractivity contribution in [1.29, 1.82) is 0 Å². The molecule has 0 aromatic heterocycles. The van der Waals surface area contributed by atoms with E-state index >= 15 is 0 Å². The minimum Gasteiger partial charge on any atom is -0.326 e. The second-order valence-electron chi connectivity index (χ2n) is 3.95. The van der Waals surface area contributed by atoms with Crippen molar-refractivity contribution in [2.45, 2.75) is 44.7 Å². The molecule has 0 amide bonds. The van der Waals surface area contributed by atoms with Crippen LogP contribution in [0.4, 0.5) is 0 Å². The Balaban J connectivity index is 4.30. The fourth-order valence-electron chi connectivity index (χ4n) is 1.46. The van der Waals surface area contributed by atoms with Gasteiger partial charge in [-0.25, -0.2) is 0 Å². The highest BCUT2D eigenvalue weighted by Gasteiger charge is 2.31. The molecule has 0 aliphatic heterocycles. The molecule has 76 valence electrons. The molecular weight excluding hydrogens is 160 g/mol. The van der Waals surface area contributed by atoms with Gasteiger partial charge in [-0.1, -0.05) is 6.92 Å². The van der Waals surface area contributed by atoms with Gasteiger partial charge >= 0.3 is 0 Å². The van der Waals surface area contributed by atoms with Gasteiger partial charge in [0, 0.05) is 18.0 Å². The highest BCUT2D eigenvalue weighted by molar-refractivity contribution is 4.95. The summed E-state index contributed by atoms with van der Waals surface area (Å²) in [7, 11) is 4.14. The van der Waals surface area contributed by atoms with Gasteiger partial charge in [-0.2, -0.15) is 0 Å². The highest BCUT2D eigenvalue weighted by atomic mass is 15.2. The van der Waals surface area contributed by atoms with Crippen LogP contribution in [0, 0.1) is 12.3 Å². The van der Waals surface area contributed by atoms with E-state index in [0.29, 0.717) is 0 Å². The Morgan fingerprint density at radius 3 is 2.38 bits per heavy atom. The number of terminal acetylenes is 1.